The van der Waals surface area contributed by atoms with Crippen LogP contribution in [0.5, 0.6) is 11.6 Å². The number of aryl methyl sites for hydroxylation is 1. The van der Waals surface area contributed by atoms with Gasteiger partial charge < -0.3 is 14.8 Å². The number of H-pyrrole nitrogens is 1. The van der Waals surface area contributed by atoms with Crippen molar-refractivity contribution in [3.63, 3.8) is 0 Å². The summed E-state index contributed by atoms with van der Waals surface area (Å²) in [6.07, 6.45) is 1.73. The Morgan fingerprint density at radius 1 is 1.30 bits per heavy atom. The van der Waals surface area contributed by atoms with E-state index >= 15 is 0 Å². The molecule has 0 unspecified atom stereocenters. The highest BCUT2D eigenvalue weighted by Crippen LogP contribution is 2.23. The third-order valence-corrected chi connectivity index (χ3v) is 3.40. The van der Waals surface area contributed by atoms with Crippen LogP contribution >= 0.6 is 0 Å². The highest BCUT2D eigenvalue weighted by atomic mass is 16.5. The molecule has 2 aromatic heterocycles. The minimum Gasteiger partial charge on any atom is -0.439 e. The Bertz CT molecular complexity index is 886. The molecular weight excluding hydrogens is 294 g/mol. The fourth-order valence-electron chi connectivity index (χ4n) is 2.39. The number of hydrogen-bond donors (Lipinski definition) is 2. The minimum absolute atomic E-state index is 0.214. The molecule has 0 atom stereocenters. The maximum atomic E-state index is 12.1. The first-order valence-electron chi connectivity index (χ1n) is 7.37. The van der Waals surface area contributed by atoms with Crippen molar-refractivity contribution in [3.8, 4) is 11.6 Å². The first kappa shape index (κ1) is 15.3. The van der Waals surface area contributed by atoms with E-state index in [4.69, 9.17) is 4.74 Å². The van der Waals surface area contributed by atoms with E-state index in [1.54, 1.807) is 44.3 Å². The Morgan fingerprint density at radius 3 is 2.74 bits per heavy atom. The molecule has 120 valence electrons. The molecule has 0 aliphatic carbocycles. The second-order valence-corrected chi connectivity index (χ2v) is 6.28. The van der Waals surface area contributed by atoms with Gasteiger partial charge in [-0.05, 0) is 38.5 Å². The average Bonchev–Trinajstić information content (AvgIpc) is 2.75. The van der Waals surface area contributed by atoms with Crippen LogP contribution in [0.25, 0.3) is 11.0 Å². The largest absolute Gasteiger partial charge is 0.439 e. The van der Waals surface area contributed by atoms with Gasteiger partial charge in [0.1, 0.15) is 5.75 Å². The normalized spacial score (nSPS) is 11.8. The number of aliphatic hydroxyl groups is 1. The maximum Gasteiger partial charge on any atom is 0.326 e. The number of nitrogens with zero attached hydrogens (tertiary/aromatic N) is 2. The van der Waals surface area contributed by atoms with E-state index in [1.165, 1.54) is 4.57 Å². The molecule has 2 heterocycles. The lowest BCUT2D eigenvalue weighted by atomic mass is 10.1. The van der Waals surface area contributed by atoms with Gasteiger partial charge >= 0.3 is 5.69 Å². The first-order valence-corrected chi connectivity index (χ1v) is 7.37. The summed E-state index contributed by atoms with van der Waals surface area (Å²) in [5.41, 5.74) is 1.21. The lowest BCUT2D eigenvalue weighted by Crippen LogP contribution is -2.31. The van der Waals surface area contributed by atoms with Gasteiger partial charge in [-0.15, -0.1) is 0 Å². The third kappa shape index (κ3) is 3.43. The number of ether oxygens (including phenoxy) is 1. The van der Waals surface area contributed by atoms with Crippen molar-refractivity contribution in [1.29, 1.82) is 0 Å². The molecule has 0 saturated carbocycles. The summed E-state index contributed by atoms with van der Waals surface area (Å²) in [6.45, 7) is 5.50. The molecule has 23 heavy (non-hydrogen) atoms. The summed E-state index contributed by atoms with van der Waals surface area (Å²) in [5.74, 6) is 1.08. The number of aromatic nitrogens is 3. The average molecular weight is 313 g/mol. The van der Waals surface area contributed by atoms with Gasteiger partial charge in [-0.1, -0.05) is 6.07 Å². The fourth-order valence-corrected chi connectivity index (χ4v) is 2.39. The van der Waals surface area contributed by atoms with Gasteiger partial charge in [0, 0.05) is 18.3 Å². The number of fused-ring (bicyclic) bond motifs is 1. The van der Waals surface area contributed by atoms with Crippen molar-refractivity contribution >= 4 is 11.0 Å². The van der Waals surface area contributed by atoms with Crippen LogP contribution < -0.4 is 10.4 Å². The lowest BCUT2D eigenvalue weighted by Gasteiger charge is -2.17. The van der Waals surface area contributed by atoms with E-state index in [9.17, 15) is 9.90 Å². The van der Waals surface area contributed by atoms with Crippen LogP contribution in [0.4, 0.5) is 0 Å². The van der Waals surface area contributed by atoms with Gasteiger partial charge in [0.15, 0.2) is 0 Å². The van der Waals surface area contributed by atoms with Crippen LogP contribution in [0.3, 0.4) is 0 Å². The number of benzene rings is 1. The molecule has 0 spiro atoms. The molecule has 0 amide bonds. The predicted molar refractivity (Wildman–Crippen MR) is 87.9 cm³/mol. The van der Waals surface area contributed by atoms with E-state index in [2.05, 4.69) is 9.97 Å². The summed E-state index contributed by atoms with van der Waals surface area (Å²) >= 11 is 0. The molecule has 6 nitrogen and oxygen atoms in total. The van der Waals surface area contributed by atoms with Gasteiger partial charge in [0.05, 0.1) is 23.2 Å². The number of pyridine rings is 1. The second kappa shape index (κ2) is 5.55. The molecule has 1 aromatic carbocycles. The van der Waals surface area contributed by atoms with Gasteiger partial charge in [0.25, 0.3) is 0 Å². The number of aromatic amines is 1. The molecule has 3 rings (SSSR count). The van der Waals surface area contributed by atoms with Crippen LogP contribution in [0.1, 0.15) is 19.4 Å². The molecule has 6 heteroatoms. The van der Waals surface area contributed by atoms with Crippen molar-refractivity contribution in [2.45, 2.75) is 32.9 Å². The van der Waals surface area contributed by atoms with Crippen LogP contribution in [0.2, 0.25) is 0 Å². The second-order valence-electron chi connectivity index (χ2n) is 6.28. The van der Waals surface area contributed by atoms with E-state index in [0.717, 1.165) is 11.1 Å². The number of hydrogen-bond acceptors (Lipinski definition) is 4. The summed E-state index contributed by atoms with van der Waals surface area (Å²) in [7, 11) is 0. The Labute approximate surface area is 133 Å². The van der Waals surface area contributed by atoms with Gasteiger partial charge in [0.2, 0.25) is 5.88 Å². The molecule has 0 saturated heterocycles. The Hall–Kier alpha value is -2.60. The molecule has 0 bridgehead atoms. The third-order valence-electron chi connectivity index (χ3n) is 3.40. The Morgan fingerprint density at radius 2 is 2.09 bits per heavy atom. The van der Waals surface area contributed by atoms with Crippen molar-refractivity contribution in [1.82, 2.24) is 14.5 Å². The predicted octanol–water partition coefficient (Wildman–Crippen LogP) is 2.60. The molecule has 3 aromatic rings. The van der Waals surface area contributed by atoms with E-state index in [-0.39, 0.29) is 12.2 Å². The zero-order chi connectivity index (χ0) is 16.6. The monoisotopic (exact) mass is 313 g/mol. The summed E-state index contributed by atoms with van der Waals surface area (Å²) in [5, 5.41) is 9.94. The highest BCUT2D eigenvalue weighted by Gasteiger charge is 2.17. The van der Waals surface area contributed by atoms with E-state index in [1.807, 2.05) is 13.0 Å². The van der Waals surface area contributed by atoms with Crippen molar-refractivity contribution in [2.75, 3.05) is 0 Å². The number of rotatable bonds is 4. The first-order chi connectivity index (χ1) is 10.8. The SMILES string of the molecule is Cc1ccc(Oc2ccc3c(c2)[nH]c(=O)n3CC(C)(C)O)nc1. The maximum absolute atomic E-state index is 12.1. The van der Waals surface area contributed by atoms with Gasteiger partial charge in [-0.25, -0.2) is 9.78 Å². The van der Waals surface area contributed by atoms with Crippen LogP contribution in [0, 0.1) is 6.92 Å². The topological polar surface area (TPSA) is 80.1 Å². The van der Waals surface area contributed by atoms with Gasteiger partial charge in [-0.3, -0.25) is 4.57 Å². The van der Waals surface area contributed by atoms with Crippen LogP contribution in [-0.2, 0) is 6.54 Å². The zero-order valence-electron chi connectivity index (χ0n) is 13.3. The zero-order valence-corrected chi connectivity index (χ0v) is 13.3. The Balaban J connectivity index is 1.94. The Kier molecular flexibility index (Phi) is 3.69. The molecule has 0 aliphatic heterocycles. The molecule has 0 aliphatic rings. The number of nitrogens with one attached hydrogen (secondary N) is 1. The van der Waals surface area contributed by atoms with Crippen LogP contribution in [-0.4, -0.2) is 25.2 Å². The van der Waals surface area contributed by atoms with Crippen molar-refractivity contribution < 1.29 is 9.84 Å². The number of imidazole rings is 1. The van der Waals surface area contributed by atoms with Crippen molar-refractivity contribution in [3.05, 3.63) is 52.6 Å². The highest BCUT2D eigenvalue weighted by molar-refractivity contribution is 5.77. The van der Waals surface area contributed by atoms with E-state index in [0.29, 0.717) is 17.1 Å². The van der Waals surface area contributed by atoms with Gasteiger partial charge in [-0.2, -0.15) is 0 Å². The summed E-state index contributed by atoms with van der Waals surface area (Å²) in [4.78, 5) is 19.0. The van der Waals surface area contributed by atoms with E-state index < -0.39 is 5.60 Å². The fraction of sp³-hybridized carbons (Fsp3) is 0.294. The minimum atomic E-state index is -0.972. The van der Waals surface area contributed by atoms with Crippen LogP contribution in [0.15, 0.2) is 41.3 Å². The molecule has 2 N–H and O–H groups in total. The van der Waals surface area contributed by atoms with Crippen molar-refractivity contribution in [2.24, 2.45) is 0 Å². The molecule has 0 fully saturated rings. The standard InChI is InChI=1S/C17H19N3O3/c1-11-4-7-15(18-9-11)23-12-5-6-14-13(8-12)19-16(21)20(14)10-17(2,3)22/h4-9,22H,10H2,1-3H3,(H,19,21). The lowest BCUT2D eigenvalue weighted by molar-refractivity contribution is 0.0617. The summed E-state index contributed by atoms with van der Waals surface area (Å²) in [6, 6.07) is 9.03. The smallest absolute Gasteiger partial charge is 0.326 e. The molecular formula is C17H19N3O3. The molecule has 0 radical (unpaired) electrons. The summed E-state index contributed by atoms with van der Waals surface area (Å²) < 4.78 is 7.22. The quantitative estimate of drug-likeness (QED) is 0.776.